The molecule has 2 N–H and O–H groups in total. The number of nitrogens with zero attached hydrogens (tertiary/aromatic N) is 2. The predicted molar refractivity (Wildman–Crippen MR) is 47.8 cm³/mol. The van der Waals surface area contributed by atoms with E-state index in [-0.39, 0.29) is 6.04 Å². The largest absolute Gasteiger partial charge is 0.334 e. The van der Waals surface area contributed by atoms with Crippen LogP contribution in [-0.2, 0) is 19.9 Å². The van der Waals surface area contributed by atoms with Crippen LogP contribution >= 0.6 is 0 Å². The lowest BCUT2D eigenvalue weighted by atomic mass is 10.3. The van der Waals surface area contributed by atoms with E-state index in [1.54, 1.807) is 0 Å². The van der Waals surface area contributed by atoms with E-state index in [0.717, 1.165) is 12.2 Å². The highest BCUT2D eigenvalue weighted by Gasteiger charge is 2.20. The smallest absolute Gasteiger partial charge is 0.125 e. The van der Waals surface area contributed by atoms with Gasteiger partial charge in [0, 0.05) is 12.7 Å². The molecule has 0 saturated carbocycles. The summed E-state index contributed by atoms with van der Waals surface area (Å²) in [5.74, 6) is 1.03. The van der Waals surface area contributed by atoms with Crippen molar-refractivity contribution in [1.29, 1.82) is 0 Å². The third kappa shape index (κ3) is 0.966. The number of rotatable bonds is 1. The molecule has 12 heavy (non-hydrogen) atoms. The van der Waals surface area contributed by atoms with Gasteiger partial charge in [-0.1, -0.05) is 0 Å². The molecule has 0 aromatic carbocycles. The van der Waals surface area contributed by atoms with Gasteiger partial charge in [-0.3, -0.25) is 0 Å². The number of aromatic nitrogens is 2. The van der Waals surface area contributed by atoms with Gasteiger partial charge >= 0.3 is 0 Å². The minimum absolute atomic E-state index is 0.0561. The van der Waals surface area contributed by atoms with Gasteiger partial charge in [0.05, 0.1) is 11.7 Å². The van der Waals surface area contributed by atoms with E-state index in [4.69, 9.17) is 5.73 Å². The van der Waals surface area contributed by atoms with Crippen molar-refractivity contribution < 1.29 is 0 Å². The first-order valence-electron chi connectivity index (χ1n) is 4.50. The van der Waals surface area contributed by atoms with Gasteiger partial charge < -0.3 is 10.3 Å². The van der Waals surface area contributed by atoms with Crippen LogP contribution in [0.4, 0.5) is 0 Å². The fourth-order valence-electron chi connectivity index (χ4n) is 1.95. The molecule has 0 fully saturated rings. The highest BCUT2D eigenvalue weighted by molar-refractivity contribution is 5.22. The molecule has 1 unspecified atom stereocenters. The first-order chi connectivity index (χ1) is 5.70. The fraction of sp³-hybridized carbons (Fsp3) is 0.667. The summed E-state index contributed by atoms with van der Waals surface area (Å²) in [4.78, 5) is 4.53. The van der Waals surface area contributed by atoms with Gasteiger partial charge in [-0.2, -0.15) is 0 Å². The summed E-state index contributed by atoms with van der Waals surface area (Å²) >= 11 is 0. The maximum atomic E-state index is 5.79. The van der Waals surface area contributed by atoms with Crippen LogP contribution in [0.2, 0.25) is 0 Å². The lowest BCUT2D eigenvalue weighted by Crippen LogP contribution is -2.12. The minimum Gasteiger partial charge on any atom is -0.334 e. The molecule has 1 aliphatic rings. The molecule has 1 aliphatic carbocycles. The summed E-state index contributed by atoms with van der Waals surface area (Å²) in [5, 5.41) is 0. The zero-order chi connectivity index (χ0) is 8.72. The summed E-state index contributed by atoms with van der Waals surface area (Å²) in [5.41, 5.74) is 8.45. The quantitative estimate of drug-likeness (QED) is 0.672. The van der Waals surface area contributed by atoms with Crippen LogP contribution in [0.1, 0.15) is 36.6 Å². The van der Waals surface area contributed by atoms with Gasteiger partial charge in [0.2, 0.25) is 0 Å². The van der Waals surface area contributed by atoms with Gasteiger partial charge in [0.15, 0.2) is 0 Å². The van der Waals surface area contributed by atoms with Crippen molar-refractivity contribution in [2.75, 3.05) is 0 Å². The number of hydrogen-bond donors (Lipinski definition) is 1. The number of nitrogens with two attached hydrogens (primary N) is 1. The van der Waals surface area contributed by atoms with Crippen molar-refractivity contribution >= 4 is 0 Å². The lowest BCUT2D eigenvalue weighted by Gasteiger charge is -2.06. The highest BCUT2D eigenvalue weighted by Crippen LogP contribution is 2.23. The van der Waals surface area contributed by atoms with Gasteiger partial charge in [-0.25, -0.2) is 4.98 Å². The van der Waals surface area contributed by atoms with E-state index >= 15 is 0 Å². The Labute approximate surface area is 72.6 Å². The Balaban J connectivity index is 2.47. The summed E-state index contributed by atoms with van der Waals surface area (Å²) in [6.45, 7) is 1.98. The van der Waals surface area contributed by atoms with Crippen molar-refractivity contribution in [3.8, 4) is 0 Å². The summed E-state index contributed by atoms with van der Waals surface area (Å²) in [6, 6.07) is 0.0561. The van der Waals surface area contributed by atoms with Crippen LogP contribution in [0.5, 0.6) is 0 Å². The molecule has 1 aromatic heterocycles. The summed E-state index contributed by atoms with van der Waals surface area (Å²) in [6.07, 6.45) is 3.56. The molecule has 3 heteroatoms. The van der Waals surface area contributed by atoms with Gasteiger partial charge in [-0.05, 0) is 26.2 Å². The van der Waals surface area contributed by atoms with Crippen molar-refractivity contribution in [3.05, 3.63) is 17.2 Å². The topological polar surface area (TPSA) is 43.8 Å². The molecule has 66 valence electrons. The molecule has 0 aliphatic heterocycles. The number of hydrogen-bond acceptors (Lipinski definition) is 2. The Hall–Kier alpha value is -0.830. The molecular formula is C9H15N3. The lowest BCUT2D eigenvalue weighted by molar-refractivity contribution is 0.660. The first kappa shape index (κ1) is 7.80. The van der Waals surface area contributed by atoms with Crippen LogP contribution in [0.25, 0.3) is 0 Å². The second-order valence-corrected chi connectivity index (χ2v) is 3.56. The molecule has 3 nitrogen and oxygen atoms in total. The van der Waals surface area contributed by atoms with Crippen LogP contribution in [0.3, 0.4) is 0 Å². The first-order valence-corrected chi connectivity index (χ1v) is 4.50. The van der Waals surface area contributed by atoms with E-state index in [1.165, 1.54) is 24.2 Å². The number of aryl methyl sites for hydroxylation is 1. The molecule has 0 spiro atoms. The monoisotopic (exact) mass is 165 g/mol. The standard InChI is InChI=1S/C9H15N3/c1-6(10)9-11-7-4-3-5-8(7)12(9)2/h6H,3-5,10H2,1-2H3. The van der Waals surface area contributed by atoms with Crippen molar-refractivity contribution in [2.24, 2.45) is 12.8 Å². The fourth-order valence-corrected chi connectivity index (χ4v) is 1.95. The molecule has 0 bridgehead atoms. The number of imidazole rings is 1. The SMILES string of the molecule is CC(N)c1nc2c(n1C)CCC2. The Bertz CT molecular complexity index is 299. The van der Waals surface area contributed by atoms with Gasteiger partial charge in [-0.15, -0.1) is 0 Å². The summed E-state index contributed by atoms with van der Waals surface area (Å²) < 4.78 is 2.16. The van der Waals surface area contributed by atoms with Gasteiger partial charge in [0.25, 0.3) is 0 Å². The average Bonchev–Trinajstić information content (AvgIpc) is 2.53. The maximum absolute atomic E-state index is 5.79. The van der Waals surface area contributed by atoms with Crippen LogP contribution in [0.15, 0.2) is 0 Å². The third-order valence-corrected chi connectivity index (χ3v) is 2.57. The molecule has 2 rings (SSSR count). The van der Waals surface area contributed by atoms with Crippen molar-refractivity contribution in [1.82, 2.24) is 9.55 Å². The summed E-state index contributed by atoms with van der Waals surface area (Å²) in [7, 11) is 2.07. The van der Waals surface area contributed by atoms with E-state index in [0.29, 0.717) is 0 Å². The zero-order valence-electron chi connectivity index (χ0n) is 7.67. The van der Waals surface area contributed by atoms with Crippen molar-refractivity contribution in [2.45, 2.75) is 32.2 Å². The molecule has 1 atom stereocenters. The molecular weight excluding hydrogens is 150 g/mol. The normalized spacial score (nSPS) is 17.9. The minimum atomic E-state index is 0.0561. The van der Waals surface area contributed by atoms with E-state index < -0.39 is 0 Å². The predicted octanol–water partition coefficient (Wildman–Crippen LogP) is 0.928. The molecule has 0 saturated heterocycles. The Morgan fingerprint density at radius 1 is 1.50 bits per heavy atom. The van der Waals surface area contributed by atoms with Crippen LogP contribution in [-0.4, -0.2) is 9.55 Å². The molecule has 1 heterocycles. The average molecular weight is 165 g/mol. The van der Waals surface area contributed by atoms with Crippen LogP contribution in [0, 0.1) is 0 Å². The van der Waals surface area contributed by atoms with Crippen molar-refractivity contribution in [3.63, 3.8) is 0 Å². The Morgan fingerprint density at radius 3 is 2.83 bits per heavy atom. The molecule has 0 amide bonds. The van der Waals surface area contributed by atoms with E-state index in [2.05, 4.69) is 16.6 Å². The van der Waals surface area contributed by atoms with Gasteiger partial charge in [0.1, 0.15) is 5.82 Å². The van der Waals surface area contributed by atoms with E-state index in [1.807, 2.05) is 6.92 Å². The molecule has 1 aromatic rings. The Morgan fingerprint density at radius 2 is 2.25 bits per heavy atom. The Kier molecular flexibility index (Phi) is 1.68. The highest BCUT2D eigenvalue weighted by atomic mass is 15.1. The second kappa shape index (κ2) is 2.59. The molecule has 0 radical (unpaired) electrons. The maximum Gasteiger partial charge on any atom is 0.125 e. The third-order valence-electron chi connectivity index (χ3n) is 2.57. The van der Waals surface area contributed by atoms with E-state index in [9.17, 15) is 0 Å². The number of fused-ring (bicyclic) bond motifs is 1. The second-order valence-electron chi connectivity index (χ2n) is 3.56. The van der Waals surface area contributed by atoms with Crippen LogP contribution < -0.4 is 5.73 Å². The zero-order valence-corrected chi connectivity index (χ0v) is 7.67.